The standard InChI is InChI=1S/C28H61N2O3S/c1-6-7-8-9-10-11-12-13-14-15-17-20-24-29(2,3)25-21-18-16-19-22-26-30(4,5)27-23-28-34(31,32)33/h6-28H2,1-5H3/q+1/p+1. The Hall–Kier alpha value is -0.170. The monoisotopic (exact) mass is 506 g/mol. The maximum atomic E-state index is 10.7. The summed E-state index contributed by atoms with van der Waals surface area (Å²) in [5, 5.41) is 0. The summed E-state index contributed by atoms with van der Waals surface area (Å²) in [6, 6.07) is 0. The van der Waals surface area contributed by atoms with Gasteiger partial charge in [0.15, 0.2) is 0 Å². The van der Waals surface area contributed by atoms with E-state index in [0.29, 0.717) is 6.42 Å². The summed E-state index contributed by atoms with van der Waals surface area (Å²) >= 11 is 0. The number of hydrogen-bond donors (Lipinski definition) is 0. The van der Waals surface area contributed by atoms with Crippen molar-refractivity contribution in [3.05, 3.63) is 0 Å². The smallest absolute Gasteiger partial charge is 0.748 e. The summed E-state index contributed by atoms with van der Waals surface area (Å²) in [4.78, 5) is 0. The molecule has 0 aromatic rings. The van der Waals surface area contributed by atoms with Crippen molar-refractivity contribution in [3.63, 3.8) is 0 Å². The van der Waals surface area contributed by atoms with Gasteiger partial charge in [-0.25, -0.2) is 8.42 Å². The average Bonchev–Trinajstić information content (AvgIpc) is 2.72. The first kappa shape index (κ1) is 33.8. The van der Waals surface area contributed by atoms with Gasteiger partial charge in [0.2, 0.25) is 0 Å². The molecule has 0 aromatic carbocycles. The number of nitrogens with zero attached hydrogens (tertiary/aromatic N) is 2. The van der Waals surface area contributed by atoms with E-state index in [1.165, 1.54) is 122 Å². The second-order valence-corrected chi connectivity index (χ2v) is 13.6. The summed E-state index contributed by atoms with van der Waals surface area (Å²) in [6.07, 6.45) is 23.8. The molecule has 0 saturated heterocycles. The summed E-state index contributed by atoms with van der Waals surface area (Å²) in [6.45, 7) is 6.69. The lowest BCUT2D eigenvalue weighted by atomic mass is 10.1. The topological polar surface area (TPSA) is 57.2 Å². The number of hydrogen-bond acceptors (Lipinski definition) is 3. The van der Waals surface area contributed by atoms with Gasteiger partial charge in [0.25, 0.3) is 0 Å². The average molecular weight is 507 g/mol. The molecule has 0 spiro atoms. The number of rotatable bonds is 25. The molecular weight excluding hydrogens is 444 g/mol. The van der Waals surface area contributed by atoms with Crippen LogP contribution in [0.3, 0.4) is 0 Å². The third kappa shape index (κ3) is 24.9. The highest BCUT2D eigenvalue weighted by Gasteiger charge is 2.15. The van der Waals surface area contributed by atoms with Gasteiger partial charge in [-0.1, -0.05) is 77.6 Å². The van der Waals surface area contributed by atoms with Gasteiger partial charge in [0.1, 0.15) is 0 Å². The molecule has 0 fully saturated rings. The Kier molecular flexibility index (Phi) is 19.9. The Morgan fingerprint density at radius 2 is 0.765 bits per heavy atom. The normalized spacial score (nSPS) is 13.0. The maximum absolute atomic E-state index is 10.7. The van der Waals surface area contributed by atoms with Gasteiger partial charge < -0.3 is 13.5 Å². The van der Waals surface area contributed by atoms with E-state index >= 15 is 0 Å². The van der Waals surface area contributed by atoms with Crippen molar-refractivity contribution in [1.82, 2.24) is 0 Å². The first-order valence-electron chi connectivity index (χ1n) is 14.5. The highest BCUT2D eigenvalue weighted by atomic mass is 32.2. The molecular formula is C28H62N2O3S+2. The zero-order valence-corrected chi connectivity index (χ0v) is 24.6. The lowest BCUT2D eigenvalue weighted by molar-refractivity contribution is -0.890. The van der Waals surface area contributed by atoms with Crippen molar-refractivity contribution < 1.29 is 23.4 Å². The van der Waals surface area contributed by atoms with E-state index in [-0.39, 0.29) is 7.18 Å². The molecule has 34 heavy (non-hydrogen) atoms. The SMILES string of the molecule is CCCCCCCCCCCCCC[N+](C)(C)CCCCCCC[N+](C)(C)CCCS(=O)(=O)[O-].[H+]. The van der Waals surface area contributed by atoms with Crippen molar-refractivity contribution in [3.8, 4) is 0 Å². The van der Waals surface area contributed by atoms with Crippen LogP contribution >= 0.6 is 0 Å². The van der Waals surface area contributed by atoms with Gasteiger partial charge in [-0.15, -0.1) is 0 Å². The zero-order chi connectivity index (χ0) is 25.8. The van der Waals surface area contributed by atoms with Crippen LogP contribution in [0.15, 0.2) is 0 Å². The lowest BCUT2D eigenvalue weighted by Gasteiger charge is -2.30. The molecule has 0 aromatic heterocycles. The van der Waals surface area contributed by atoms with Crippen molar-refractivity contribution in [1.29, 1.82) is 0 Å². The maximum Gasteiger partial charge on any atom is 1.00 e. The molecule has 0 N–H and O–H groups in total. The Morgan fingerprint density at radius 1 is 0.500 bits per heavy atom. The third-order valence-corrected chi connectivity index (χ3v) is 8.09. The molecule has 0 bridgehead atoms. The predicted octanol–water partition coefficient (Wildman–Crippen LogP) is 6.84. The minimum atomic E-state index is -4.07. The molecule has 0 atom stereocenters. The highest BCUT2D eigenvalue weighted by molar-refractivity contribution is 7.85. The molecule has 0 saturated carbocycles. The van der Waals surface area contributed by atoms with Crippen LogP contribution in [0.2, 0.25) is 0 Å². The molecule has 206 valence electrons. The number of quaternary nitrogens is 2. The van der Waals surface area contributed by atoms with E-state index in [1.807, 2.05) is 0 Å². The van der Waals surface area contributed by atoms with Crippen LogP contribution in [0, 0.1) is 0 Å². The van der Waals surface area contributed by atoms with Gasteiger partial charge in [-0.05, 0) is 38.5 Å². The van der Waals surface area contributed by atoms with Gasteiger partial charge in [0.05, 0.1) is 64.5 Å². The van der Waals surface area contributed by atoms with Crippen molar-refractivity contribution in [2.24, 2.45) is 0 Å². The fourth-order valence-electron chi connectivity index (χ4n) is 4.88. The van der Waals surface area contributed by atoms with Crippen molar-refractivity contribution in [2.45, 2.75) is 122 Å². The van der Waals surface area contributed by atoms with E-state index < -0.39 is 10.1 Å². The van der Waals surface area contributed by atoms with Gasteiger partial charge in [0, 0.05) is 12.2 Å². The van der Waals surface area contributed by atoms with Crippen LogP contribution in [-0.4, -0.2) is 82.1 Å². The second kappa shape index (κ2) is 20.0. The highest BCUT2D eigenvalue weighted by Crippen LogP contribution is 2.14. The Balaban J connectivity index is 0. The summed E-state index contributed by atoms with van der Waals surface area (Å²) in [5.74, 6) is -0.234. The molecule has 6 heteroatoms. The molecule has 0 rings (SSSR count). The van der Waals surface area contributed by atoms with Crippen molar-refractivity contribution in [2.75, 3.05) is 60.1 Å². The van der Waals surface area contributed by atoms with Crippen LogP contribution in [0.4, 0.5) is 0 Å². The molecule has 0 radical (unpaired) electrons. The summed E-state index contributed by atoms with van der Waals surface area (Å²) < 4.78 is 34.2. The largest absolute Gasteiger partial charge is 1.00 e. The van der Waals surface area contributed by atoms with Crippen LogP contribution in [0.1, 0.15) is 124 Å². The fraction of sp³-hybridized carbons (Fsp3) is 1.00. The van der Waals surface area contributed by atoms with Crippen molar-refractivity contribution >= 4 is 10.1 Å². The van der Waals surface area contributed by atoms with Crippen LogP contribution < -0.4 is 0 Å². The second-order valence-electron chi connectivity index (χ2n) is 12.0. The Morgan fingerprint density at radius 3 is 1.06 bits per heavy atom. The minimum Gasteiger partial charge on any atom is -0.748 e. The van der Waals surface area contributed by atoms with Crippen LogP contribution in [0.25, 0.3) is 0 Å². The summed E-state index contributed by atoms with van der Waals surface area (Å²) in [7, 11) is 4.97. The quantitative estimate of drug-likeness (QED) is 0.0774. The minimum absolute atomic E-state index is 0. The van der Waals surface area contributed by atoms with E-state index in [0.717, 1.165) is 22.1 Å². The lowest BCUT2D eigenvalue weighted by Crippen LogP contribution is -2.41. The van der Waals surface area contributed by atoms with E-state index in [9.17, 15) is 13.0 Å². The zero-order valence-electron chi connectivity index (χ0n) is 24.8. The molecule has 0 aliphatic heterocycles. The van der Waals surface area contributed by atoms with Crippen LogP contribution in [0.5, 0.6) is 0 Å². The molecule has 0 amide bonds. The number of unbranched alkanes of at least 4 members (excludes halogenated alkanes) is 15. The molecule has 5 nitrogen and oxygen atoms in total. The van der Waals surface area contributed by atoms with E-state index in [1.54, 1.807) is 0 Å². The fourth-order valence-corrected chi connectivity index (χ4v) is 5.37. The van der Waals surface area contributed by atoms with Gasteiger partial charge >= 0.3 is 1.43 Å². The molecule has 0 aliphatic carbocycles. The Labute approximate surface area is 216 Å². The molecule has 0 heterocycles. The van der Waals surface area contributed by atoms with E-state index in [4.69, 9.17) is 0 Å². The van der Waals surface area contributed by atoms with Crippen LogP contribution in [-0.2, 0) is 10.1 Å². The summed E-state index contributed by atoms with van der Waals surface area (Å²) in [5.41, 5.74) is 0. The van der Waals surface area contributed by atoms with Gasteiger partial charge in [-0.3, -0.25) is 0 Å². The third-order valence-electron chi connectivity index (χ3n) is 7.30. The molecule has 0 unspecified atom stereocenters. The Bertz CT molecular complexity index is 569. The predicted molar refractivity (Wildman–Crippen MR) is 148 cm³/mol. The van der Waals surface area contributed by atoms with Gasteiger partial charge in [-0.2, -0.15) is 0 Å². The molecule has 0 aliphatic rings. The first-order chi connectivity index (χ1) is 16.0. The first-order valence-corrected chi connectivity index (χ1v) is 16.1. The van der Waals surface area contributed by atoms with E-state index in [2.05, 4.69) is 35.1 Å².